The Morgan fingerprint density at radius 2 is 1.75 bits per heavy atom. The van der Waals surface area contributed by atoms with Gasteiger partial charge in [-0.3, -0.25) is 0 Å². The maximum absolute atomic E-state index is 12.4. The molecule has 1 saturated heterocycles. The van der Waals surface area contributed by atoms with E-state index in [1.807, 2.05) is 19.1 Å². The second-order valence-electron chi connectivity index (χ2n) is 5.93. The van der Waals surface area contributed by atoms with Crippen molar-refractivity contribution in [3.8, 4) is 0 Å². The van der Waals surface area contributed by atoms with Gasteiger partial charge in [-0.2, -0.15) is 0 Å². The number of hydrogen-bond donors (Lipinski definition) is 1. The van der Waals surface area contributed by atoms with Gasteiger partial charge in [0.25, 0.3) is 0 Å². The number of nitrogens with one attached hydrogen (secondary N) is 1. The molecule has 0 amide bonds. The van der Waals surface area contributed by atoms with Crippen molar-refractivity contribution in [3.05, 3.63) is 29.8 Å². The SMILES string of the molecule is Cc1ccccc1S(=O)(=O)NC1CCN(C2CC2)CC1. The predicted molar refractivity (Wildman–Crippen MR) is 79.1 cm³/mol. The average molecular weight is 294 g/mol. The first-order valence-corrected chi connectivity index (χ1v) is 8.86. The van der Waals surface area contributed by atoms with Crippen LogP contribution in [-0.4, -0.2) is 38.5 Å². The average Bonchev–Trinajstić information content (AvgIpc) is 3.24. The standard InChI is InChI=1S/C15H22N2O2S/c1-12-4-2-3-5-15(12)20(18,19)16-13-8-10-17(11-9-13)14-6-7-14/h2-5,13-14,16H,6-11H2,1H3. The smallest absolute Gasteiger partial charge is 0.241 e. The molecule has 5 heteroatoms. The van der Waals surface area contributed by atoms with E-state index in [1.165, 1.54) is 12.8 Å². The van der Waals surface area contributed by atoms with Gasteiger partial charge in [0.15, 0.2) is 0 Å². The molecule has 0 radical (unpaired) electrons. The summed E-state index contributed by atoms with van der Waals surface area (Å²) >= 11 is 0. The van der Waals surface area contributed by atoms with E-state index in [1.54, 1.807) is 12.1 Å². The normalized spacial score (nSPS) is 22.1. The van der Waals surface area contributed by atoms with E-state index in [4.69, 9.17) is 0 Å². The Bertz CT molecular complexity index is 573. The number of likely N-dealkylation sites (tertiary alicyclic amines) is 1. The molecule has 1 N–H and O–H groups in total. The fourth-order valence-electron chi connectivity index (χ4n) is 2.96. The number of nitrogens with zero attached hydrogens (tertiary/aromatic N) is 1. The first-order valence-electron chi connectivity index (χ1n) is 7.38. The van der Waals surface area contributed by atoms with Crippen LogP contribution in [0, 0.1) is 6.92 Å². The third-order valence-corrected chi connectivity index (χ3v) is 5.98. The number of sulfonamides is 1. The van der Waals surface area contributed by atoms with Crippen LogP contribution in [-0.2, 0) is 10.0 Å². The Morgan fingerprint density at radius 1 is 1.10 bits per heavy atom. The van der Waals surface area contributed by atoms with Crippen molar-refractivity contribution in [2.24, 2.45) is 0 Å². The molecule has 0 unspecified atom stereocenters. The van der Waals surface area contributed by atoms with Gasteiger partial charge in [-0.25, -0.2) is 13.1 Å². The highest BCUT2D eigenvalue weighted by Crippen LogP contribution is 2.29. The quantitative estimate of drug-likeness (QED) is 0.922. The molecule has 1 saturated carbocycles. The molecule has 1 aromatic rings. The van der Waals surface area contributed by atoms with E-state index in [2.05, 4.69) is 9.62 Å². The fourth-order valence-corrected chi connectivity index (χ4v) is 4.51. The van der Waals surface area contributed by atoms with Gasteiger partial charge in [-0.1, -0.05) is 18.2 Å². The van der Waals surface area contributed by atoms with E-state index >= 15 is 0 Å². The van der Waals surface area contributed by atoms with Gasteiger partial charge in [0, 0.05) is 12.1 Å². The summed E-state index contributed by atoms with van der Waals surface area (Å²) < 4.78 is 27.7. The number of piperidine rings is 1. The Morgan fingerprint density at radius 3 is 2.35 bits per heavy atom. The van der Waals surface area contributed by atoms with E-state index in [0.717, 1.165) is 37.5 Å². The summed E-state index contributed by atoms with van der Waals surface area (Å²) in [4.78, 5) is 2.91. The highest BCUT2D eigenvalue weighted by Gasteiger charge is 2.33. The largest absolute Gasteiger partial charge is 0.300 e. The summed E-state index contributed by atoms with van der Waals surface area (Å²) in [5.74, 6) is 0. The number of benzene rings is 1. The molecule has 20 heavy (non-hydrogen) atoms. The van der Waals surface area contributed by atoms with Crippen molar-refractivity contribution < 1.29 is 8.42 Å². The maximum atomic E-state index is 12.4. The van der Waals surface area contributed by atoms with Crippen LogP contribution < -0.4 is 4.72 Å². The Kier molecular flexibility index (Phi) is 3.84. The summed E-state index contributed by atoms with van der Waals surface area (Å²) in [5.41, 5.74) is 0.801. The third-order valence-electron chi connectivity index (χ3n) is 4.30. The van der Waals surface area contributed by atoms with Crippen LogP contribution in [0.5, 0.6) is 0 Å². The predicted octanol–water partition coefficient (Wildman–Crippen LogP) is 1.90. The van der Waals surface area contributed by atoms with Crippen molar-refractivity contribution >= 4 is 10.0 Å². The van der Waals surface area contributed by atoms with Crippen LogP contribution in [0.15, 0.2) is 29.2 Å². The minimum absolute atomic E-state index is 0.0783. The van der Waals surface area contributed by atoms with Gasteiger partial charge in [0.2, 0.25) is 10.0 Å². The third kappa shape index (κ3) is 3.05. The van der Waals surface area contributed by atoms with Gasteiger partial charge in [0.05, 0.1) is 4.90 Å². The van der Waals surface area contributed by atoms with Gasteiger partial charge in [-0.05, 0) is 57.3 Å². The summed E-state index contributed by atoms with van der Waals surface area (Å²) in [6.45, 7) is 3.88. The van der Waals surface area contributed by atoms with Crippen molar-refractivity contribution in [1.29, 1.82) is 0 Å². The van der Waals surface area contributed by atoms with Crippen molar-refractivity contribution in [1.82, 2.24) is 9.62 Å². The second-order valence-corrected chi connectivity index (χ2v) is 7.61. The summed E-state index contributed by atoms with van der Waals surface area (Å²) in [6.07, 6.45) is 4.47. The van der Waals surface area contributed by atoms with E-state index in [0.29, 0.717) is 4.90 Å². The Labute approximate surface area is 121 Å². The molecule has 1 aromatic carbocycles. The molecule has 0 atom stereocenters. The molecular weight excluding hydrogens is 272 g/mol. The number of hydrogen-bond acceptors (Lipinski definition) is 3. The van der Waals surface area contributed by atoms with E-state index < -0.39 is 10.0 Å². The molecule has 1 heterocycles. The zero-order chi connectivity index (χ0) is 14.2. The molecule has 2 fully saturated rings. The lowest BCUT2D eigenvalue weighted by atomic mass is 10.1. The monoisotopic (exact) mass is 294 g/mol. The topological polar surface area (TPSA) is 49.4 Å². The first kappa shape index (κ1) is 14.0. The number of aryl methyl sites for hydroxylation is 1. The minimum Gasteiger partial charge on any atom is -0.300 e. The van der Waals surface area contributed by atoms with E-state index in [-0.39, 0.29) is 6.04 Å². The van der Waals surface area contributed by atoms with Crippen molar-refractivity contribution in [3.63, 3.8) is 0 Å². The molecule has 110 valence electrons. The minimum atomic E-state index is -3.38. The van der Waals surface area contributed by atoms with Gasteiger partial charge >= 0.3 is 0 Å². The molecule has 4 nitrogen and oxygen atoms in total. The molecule has 2 aliphatic rings. The van der Waals surface area contributed by atoms with Crippen molar-refractivity contribution in [2.45, 2.75) is 49.6 Å². The summed E-state index contributed by atoms with van der Waals surface area (Å²) in [7, 11) is -3.38. The Hall–Kier alpha value is -0.910. The molecule has 0 spiro atoms. The van der Waals surface area contributed by atoms with Crippen LogP contribution >= 0.6 is 0 Å². The molecule has 1 aliphatic carbocycles. The van der Waals surface area contributed by atoms with E-state index in [9.17, 15) is 8.42 Å². The molecule has 3 rings (SSSR count). The lowest BCUT2D eigenvalue weighted by Gasteiger charge is -2.32. The van der Waals surface area contributed by atoms with Crippen LogP contribution in [0.2, 0.25) is 0 Å². The number of rotatable bonds is 4. The van der Waals surface area contributed by atoms with Crippen LogP contribution in [0.25, 0.3) is 0 Å². The second kappa shape index (κ2) is 5.47. The molecular formula is C15H22N2O2S. The lowest BCUT2D eigenvalue weighted by Crippen LogP contribution is -2.45. The zero-order valence-electron chi connectivity index (χ0n) is 11.9. The zero-order valence-corrected chi connectivity index (χ0v) is 12.7. The summed E-state index contributed by atoms with van der Waals surface area (Å²) in [6, 6.07) is 8.01. The van der Waals surface area contributed by atoms with Gasteiger partial charge < -0.3 is 4.90 Å². The van der Waals surface area contributed by atoms with Gasteiger partial charge in [-0.15, -0.1) is 0 Å². The van der Waals surface area contributed by atoms with Crippen LogP contribution in [0.4, 0.5) is 0 Å². The molecule has 1 aliphatic heterocycles. The maximum Gasteiger partial charge on any atom is 0.241 e. The van der Waals surface area contributed by atoms with Crippen LogP contribution in [0.3, 0.4) is 0 Å². The van der Waals surface area contributed by atoms with Gasteiger partial charge in [0.1, 0.15) is 0 Å². The van der Waals surface area contributed by atoms with Crippen LogP contribution in [0.1, 0.15) is 31.2 Å². The highest BCUT2D eigenvalue weighted by molar-refractivity contribution is 7.89. The lowest BCUT2D eigenvalue weighted by molar-refractivity contribution is 0.199. The Balaban J connectivity index is 1.64. The summed E-state index contributed by atoms with van der Waals surface area (Å²) in [5, 5.41) is 0. The first-order chi connectivity index (χ1) is 9.56. The fraction of sp³-hybridized carbons (Fsp3) is 0.600. The molecule has 0 bridgehead atoms. The molecule has 0 aromatic heterocycles. The highest BCUT2D eigenvalue weighted by atomic mass is 32.2. The van der Waals surface area contributed by atoms with Crippen molar-refractivity contribution in [2.75, 3.05) is 13.1 Å².